The molecule has 0 spiro atoms. The van der Waals surface area contributed by atoms with Gasteiger partial charge in [0.25, 0.3) is 0 Å². The lowest BCUT2D eigenvalue weighted by atomic mass is 10.2. The Hall–Kier alpha value is -2.13. The normalized spacial score (nSPS) is 10.6. The van der Waals surface area contributed by atoms with Gasteiger partial charge < -0.3 is 14.2 Å². The molecule has 124 valence electrons. The highest BCUT2D eigenvalue weighted by atomic mass is 127. The van der Waals surface area contributed by atoms with E-state index in [-0.39, 0.29) is 0 Å². The summed E-state index contributed by atoms with van der Waals surface area (Å²) in [7, 11) is 3.25. The number of halogens is 1. The summed E-state index contributed by atoms with van der Waals surface area (Å²) < 4.78 is 17.3. The van der Waals surface area contributed by atoms with E-state index >= 15 is 0 Å². The van der Waals surface area contributed by atoms with Crippen molar-refractivity contribution in [1.29, 1.82) is 0 Å². The van der Waals surface area contributed by atoms with Gasteiger partial charge >= 0.3 is 0 Å². The average Bonchev–Trinajstić information content (AvgIpc) is 2.61. The maximum Gasteiger partial charge on any atom is 0.133 e. The van der Waals surface area contributed by atoms with Crippen molar-refractivity contribution >= 4 is 22.6 Å². The van der Waals surface area contributed by atoms with Crippen molar-refractivity contribution in [2.24, 2.45) is 0 Å². The van der Waals surface area contributed by atoms with Crippen LogP contribution in [-0.4, -0.2) is 20.8 Å². The molecule has 2 aromatic carbocycles. The zero-order chi connectivity index (χ0) is 17.4. The van der Waals surface area contributed by atoms with E-state index in [1.165, 1.54) is 0 Å². The number of allylic oxidation sites excluding steroid dienone is 1. The van der Waals surface area contributed by atoms with Crippen molar-refractivity contribution in [2.45, 2.75) is 6.92 Å². The van der Waals surface area contributed by atoms with Crippen LogP contribution in [0.5, 0.6) is 17.2 Å². The molecule has 0 radical (unpaired) electrons. The highest BCUT2D eigenvalue weighted by molar-refractivity contribution is 14.1. The number of benzene rings is 2. The molecule has 0 atom stereocenters. The first-order valence-corrected chi connectivity index (χ1v) is 8.49. The van der Waals surface area contributed by atoms with Crippen LogP contribution < -0.4 is 14.2 Å². The van der Waals surface area contributed by atoms with Gasteiger partial charge in [-0.05, 0) is 65.4 Å². The standard InChI is InChI=1S/C20H19IO3/c1-15(10-11-24-20-7-5-4-6-19(20)21)8-9-16-12-17(22-2)14-18(13-16)23-3/h4-7,10,12-14H,11H2,1-3H3. The summed E-state index contributed by atoms with van der Waals surface area (Å²) in [5.41, 5.74) is 1.79. The Kier molecular flexibility index (Phi) is 7.01. The fourth-order valence-corrected chi connectivity index (χ4v) is 2.46. The lowest BCUT2D eigenvalue weighted by Crippen LogP contribution is -1.95. The minimum Gasteiger partial charge on any atom is -0.497 e. The van der Waals surface area contributed by atoms with Gasteiger partial charge in [-0.2, -0.15) is 0 Å². The second-order valence-electron chi connectivity index (χ2n) is 4.98. The molecule has 0 N–H and O–H groups in total. The summed E-state index contributed by atoms with van der Waals surface area (Å²) in [6.45, 7) is 2.45. The van der Waals surface area contributed by atoms with Crippen LogP contribution in [0.25, 0.3) is 0 Å². The number of hydrogen-bond acceptors (Lipinski definition) is 3. The van der Waals surface area contributed by atoms with Crippen molar-refractivity contribution in [2.75, 3.05) is 20.8 Å². The molecule has 4 heteroatoms. The second kappa shape index (κ2) is 9.24. The van der Waals surface area contributed by atoms with Gasteiger partial charge in [0.15, 0.2) is 0 Å². The third kappa shape index (κ3) is 5.50. The first kappa shape index (κ1) is 18.2. The molecule has 0 aromatic heterocycles. The minimum absolute atomic E-state index is 0.488. The molecule has 0 heterocycles. The van der Waals surface area contributed by atoms with E-state index in [4.69, 9.17) is 14.2 Å². The van der Waals surface area contributed by atoms with Gasteiger partial charge in [-0.25, -0.2) is 0 Å². The average molecular weight is 434 g/mol. The van der Waals surface area contributed by atoms with Crippen LogP contribution in [0.3, 0.4) is 0 Å². The molecule has 0 bridgehead atoms. The largest absolute Gasteiger partial charge is 0.497 e. The van der Waals surface area contributed by atoms with Gasteiger partial charge in [0.2, 0.25) is 0 Å². The molecular weight excluding hydrogens is 415 g/mol. The molecule has 0 fully saturated rings. The maximum atomic E-state index is 5.74. The number of para-hydroxylation sites is 1. The Morgan fingerprint density at radius 1 is 1.08 bits per heavy atom. The number of ether oxygens (including phenoxy) is 3. The molecule has 0 saturated heterocycles. The van der Waals surface area contributed by atoms with E-state index in [2.05, 4.69) is 34.4 Å². The van der Waals surface area contributed by atoms with Gasteiger partial charge in [0.05, 0.1) is 17.8 Å². The summed E-state index contributed by atoms with van der Waals surface area (Å²) in [5.74, 6) is 8.57. The highest BCUT2D eigenvalue weighted by Gasteiger charge is 2.00. The molecule has 24 heavy (non-hydrogen) atoms. The summed E-state index contributed by atoms with van der Waals surface area (Å²) in [6.07, 6.45) is 1.97. The molecule has 0 amide bonds. The van der Waals surface area contributed by atoms with E-state index in [1.807, 2.05) is 55.5 Å². The fourth-order valence-electron chi connectivity index (χ4n) is 1.92. The first-order chi connectivity index (χ1) is 11.6. The van der Waals surface area contributed by atoms with Crippen molar-refractivity contribution in [3.8, 4) is 29.1 Å². The Balaban J connectivity index is 2.03. The Bertz CT molecular complexity index is 763. The molecule has 2 aromatic rings. The quantitative estimate of drug-likeness (QED) is 0.505. The smallest absolute Gasteiger partial charge is 0.133 e. The molecule has 2 rings (SSSR count). The Morgan fingerprint density at radius 2 is 1.75 bits per heavy atom. The molecule has 3 nitrogen and oxygen atoms in total. The van der Waals surface area contributed by atoms with Crippen molar-refractivity contribution < 1.29 is 14.2 Å². The predicted octanol–water partition coefficient (Wildman–Crippen LogP) is 4.69. The van der Waals surface area contributed by atoms with E-state index < -0.39 is 0 Å². The van der Waals surface area contributed by atoms with Gasteiger partial charge in [-0.15, -0.1) is 0 Å². The van der Waals surface area contributed by atoms with E-state index in [0.29, 0.717) is 6.61 Å². The Morgan fingerprint density at radius 3 is 2.38 bits per heavy atom. The third-order valence-corrected chi connectivity index (χ3v) is 4.11. The summed E-state index contributed by atoms with van der Waals surface area (Å²) in [4.78, 5) is 0. The summed E-state index contributed by atoms with van der Waals surface area (Å²) in [6, 6.07) is 13.5. The monoisotopic (exact) mass is 434 g/mol. The molecule has 0 aliphatic heterocycles. The van der Waals surface area contributed by atoms with E-state index in [9.17, 15) is 0 Å². The van der Waals surface area contributed by atoms with Crippen molar-refractivity contribution in [3.05, 3.63) is 63.2 Å². The van der Waals surface area contributed by atoms with Crippen LogP contribution >= 0.6 is 22.6 Å². The highest BCUT2D eigenvalue weighted by Crippen LogP contribution is 2.22. The van der Waals surface area contributed by atoms with Gasteiger partial charge in [-0.1, -0.05) is 24.0 Å². The van der Waals surface area contributed by atoms with Crippen LogP contribution in [-0.2, 0) is 0 Å². The molecule has 0 aliphatic rings. The van der Waals surface area contributed by atoms with E-state index in [1.54, 1.807) is 14.2 Å². The van der Waals surface area contributed by atoms with Crippen LogP contribution in [0.15, 0.2) is 54.1 Å². The maximum absolute atomic E-state index is 5.74. The lowest BCUT2D eigenvalue weighted by molar-refractivity contribution is 0.360. The zero-order valence-corrected chi connectivity index (χ0v) is 16.1. The molecular formula is C20H19IO3. The topological polar surface area (TPSA) is 27.7 Å². The van der Waals surface area contributed by atoms with Gasteiger partial charge in [0, 0.05) is 11.6 Å². The number of hydrogen-bond donors (Lipinski definition) is 0. The van der Waals surface area contributed by atoms with Crippen molar-refractivity contribution in [1.82, 2.24) is 0 Å². The fraction of sp³-hybridized carbons (Fsp3) is 0.200. The molecule has 0 saturated carbocycles. The minimum atomic E-state index is 0.488. The Labute approximate surface area is 156 Å². The lowest BCUT2D eigenvalue weighted by Gasteiger charge is -2.05. The van der Waals surface area contributed by atoms with Gasteiger partial charge in [0.1, 0.15) is 23.9 Å². The SMILES string of the molecule is COc1cc(C#CC(C)=CCOc2ccccc2I)cc(OC)c1. The first-order valence-electron chi connectivity index (χ1n) is 7.41. The molecule has 0 unspecified atom stereocenters. The number of methoxy groups -OCH3 is 2. The van der Waals surface area contributed by atoms with Crippen LogP contribution in [0, 0.1) is 15.4 Å². The zero-order valence-electron chi connectivity index (χ0n) is 13.9. The van der Waals surface area contributed by atoms with Crippen molar-refractivity contribution in [3.63, 3.8) is 0 Å². The predicted molar refractivity (Wildman–Crippen MR) is 105 cm³/mol. The number of rotatable bonds is 5. The van der Waals surface area contributed by atoms with E-state index in [0.717, 1.165) is 32.0 Å². The second-order valence-corrected chi connectivity index (χ2v) is 6.14. The van der Waals surface area contributed by atoms with Crippen LogP contribution in [0.2, 0.25) is 0 Å². The van der Waals surface area contributed by atoms with Crippen LogP contribution in [0.1, 0.15) is 12.5 Å². The summed E-state index contributed by atoms with van der Waals surface area (Å²) in [5, 5.41) is 0. The summed E-state index contributed by atoms with van der Waals surface area (Å²) >= 11 is 2.26. The third-order valence-electron chi connectivity index (χ3n) is 3.22. The van der Waals surface area contributed by atoms with Crippen LogP contribution in [0.4, 0.5) is 0 Å². The molecule has 0 aliphatic carbocycles. The van der Waals surface area contributed by atoms with Gasteiger partial charge in [-0.3, -0.25) is 0 Å².